The summed E-state index contributed by atoms with van der Waals surface area (Å²) >= 11 is 5.75. The van der Waals surface area contributed by atoms with E-state index < -0.39 is 23.0 Å². The molecule has 0 saturated heterocycles. The molecule has 108 valence electrons. The van der Waals surface area contributed by atoms with Crippen molar-refractivity contribution in [3.05, 3.63) is 35.4 Å². The highest BCUT2D eigenvalue weighted by Gasteiger charge is 2.21. The van der Waals surface area contributed by atoms with E-state index >= 15 is 0 Å². The van der Waals surface area contributed by atoms with Crippen LogP contribution in [0.1, 0.15) is 19.7 Å². The first-order valence-electron chi connectivity index (χ1n) is 6.07. The van der Waals surface area contributed by atoms with Gasteiger partial charge in [-0.3, -0.25) is 0 Å². The van der Waals surface area contributed by atoms with Crippen LogP contribution in [0.5, 0.6) is 0 Å². The van der Waals surface area contributed by atoms with Gasteiger partial charge in [0.05, 0.1) is 11.4 Å². The fourth-order valence-electron chi connectivity index (χ4n) is 1.93. The third-order valence-corrected chi connectivity index (χ3v) is 2.96. The van der Waals surface area contributed by atoms with Crippen LogP contribution in [0.25, 0.3) is 11.4 Å². The normalized spacial score (nSPS) is 11.3. The van der Waals surface area contributed by atoms with Crippen LogP contribution in [0.4, 0.5) is 13.2 Å². The smallest absolute Gasteiger partial charge is 0.169 e. The second-order valence-electron chi connectivity index (χ2n) is 4.82. The summed E-state index contributed by atoms with van der Waals surface area (Å²) in [5, 5.41) is 7.61. The molecule has 2 aromatic rings. The number of alkyl halides is 1. The summed E-state index contributed by atoms with van der Waals surface area (Å²) in [5.41, 5.74) is -0.393. The van der Waals surface area contributed by atoms with Gasteiger partial charge in [-0.2, -0.15) is 0 Å². The molecule has 0 bridgehead atoms. The van der Waals surface area contributed by atoms with E-state index in [2.05, 4.69) is 10.2 Å². The van der Waals surface area contributed by atoms with E-state index in [0.29, 0.717) is 24.5 Å². The van der Waals surface area contributed by atoms with Gasteiger partial charge in [0, 0.05) is 18.7 Å². The largest absolute Gasteiger partial charge is 0.310 e. The fraction of sp³-hybridized carbons (Fsp3) is 0.385. The lowest BCUT2D eigenvalue weighted by Gasteiger charge is -2.12. The Labute approximate surface area is 119 Å². The zero-order valence-electron chi connectivity index (χ0n) is 11.0. The molecule has 0 aliphatic carbocycles. The summed E-state index contributed by atoms with van der Waals surface area (Å²) in [6, 6.07) is 1.24. The Balaban J connectivity index is 2.61. The second-order valence-corrected chi connectivity index (χ2v) is 5.09. The van der Waals surface area contributed by atoms with Gasteiger partial charge in [0.25, 0.3) is 0 Å². The molecular formula is C13H13ClF3N3. The van der Waals surface area contributed by atoms with Gasteiger partial charge >= 0.3 is 0 Å². The van der Waals surface area contributed by atoms with Crippen molar-refractivity contribution in [1.29, 1.82) is 0 Å². The van der Waals surface area contributed by atoms with Gasteiger partial charge in [-0.05, 0) is 5.92 Å². The van der Waals surface area contributed by atoms with Gasteiger partial charge in [0.2, 0.25) is 0 Å². The monoisotopic (exact) mass is 303 g/mol. The predicted molar refractivity (Wildman–Crippen MR) is 69.7 cm³/mol. The molecule has 1 heterocycles. The number of aromatic nitrogens is 3. The maximum atomic E-state index is 13.8. The maximum absolute atomic E-state index is 13.8. The van der Waals surface area contributed by atoms with Crippen molar-refractivity contribution in [3.63, 3.8) is 0 Å². The lowest BCUT2D eigenvalue weighted by molar-refractivity contribution is 0.508. The van der Waals surface area contributed by atoms with E-state index in [1.54, 1.807) is 4.57 Å². The number of benzene rings is 1. The highest BCUT2D eigenvalue weighted by atomic mass is 35.5. The van der Waals surface area contributed by atoms with Crippen LogP contribution in [0, 0.1) is 23.4 Å². The molecule has 2 rings (SSSR count). The molecule has 0 atom stereocenters. The minimum absolute atomic E-state index is 0.0179. The van der Waals surface area contributed by atoms with E-state index in [4.69, 9.17) is 11.6 Å². The number of halogens is 4. The molecule has 0 radical (unpaired) electrons. The average molecular weight is 304 g/mol. The Bertz CT molecular complexity index is 602. The molecule has 0 unspecified atom stereocenters. The Morgan fingerprint density at radius 1 is 1.15 bits per heavy atom. The zero-order valence-corrected chi connectivity index (χ0v) is 11.8. The Hall–Kier alpha value is -1.56. The highest BCUT2D eigenvalue weighted by Crippen LogP contribution is 2.27. The highest BCUT2D eigenvalue weighted by molar-refractivity contribution is 6.16. The van der Waals surface area contributed by atoms with Crippen LogP contribution in [-0.4, -0.2) is 14.8 Å². The van der Waals surface area contributed by atoms with Crippen LogP contribution >= 0.6 is 11.6 Å². The lowest BCUT2D eigenvalue weighted by Crippen LogP contribution is -2.10. The summed E-state index contributed by atoms with van der Waals surface area (Å²) in [7, 11) is 0. The molecule has 0 spiro atoms. The fourth-order valence-corrected chi connectivity index (χ4v) is 2.13. The summed E-state index contributed by atoms with van der Waals surface area (Å²) in [6.45, 7) is 4.35. The summed E-state index contributed by atoms with van der Waals surface area (Å²) in [5.74, 6) is -2.29. The topological polar surface area (TPSA) is 30.7 Å². The van der Waals surface area contributed by atoms with E-state index in [1.165, 1.54) is 0 Å². The van der Waals surface area contributed by atoms with Crippen LogP contribution in [-0.2, 0) is 12.4 Å². The standard InChI is InChI=1S/C13H13ClF3N3/c1-7(2)6-20-11(5-14)18-19-13(20)12-9(16)3-8(15)4-10(12)17/h3-4,7H,5-6H2,1-2H3. The van der Waals surface area contributed by atoms with Crippen molar-refractivity contribution in [2.24, 2.45) is 5.92 Å². The third kappa shape index (κ3) is 2.80. The van der Waals surface area contributed by atoms with Crippen molar-refractivity contribution < 1.29 is 13.2 Å². The first-order valence-corrected chi connectivity index (χ1v) is 6.60. The SMILES string of the molecule is CC(C)Cn1c(CCl)nnc1-c1c(F)cc(F)cc1F. The first-order chi connectivity index (χ1) is 9.43. The van der Waals surface area contributed by atoms with Crippen LogP contribution in [0.2, 0.25) is 0 Å². The van der Waals surface area contributed by atoms with E-state index in [-0.39, 0.29) is 17.6 Å². The van der Waals surface area contributed by atoms with Gasteiger partial charge < -0.3 is 4.57 Å². The van der Waals surface area contributed by atoms with E-state index in [1.807, 2.05) is 13.8 Å². The predicted octanol–water partition coefficient (Wildman–Crippen LogP) is 3.76. The number of hydrogen-bond donors (Lipinski definition) is 0. The zero-order chi connectivity index (χ0) is 14.9. The molecule has 0 fully saturated rings. The van der Waals surface area contributed by atoms with Crippen molar-refractivity contribution >= 4 is 11.6 Å². The van der Waals surface area contributed by atoms with Gasteiger partial charge in [-0.1, -0.05) is 13.8 Å². The Morgan fingerprint density at radius 3 is 2.25 bits per heavy atom. The molecule has 0 aliphatic rings. The first kappa shape index (κ1) is 14.8. The van der Waals surface area contributed by atoms with Crippen molar-refractivity contribution in [2.75, 3.05) is 0 Å². The van der Waals surface area contributed by atoms with Crippen LogP contribution in [0.15, 0.2) is 12.1 Å². The molecule has 0 aliphatic heterocycles. The van der Waals surface area contributed by atoms with Gasteiger partial charge in [0.15, 0.2) is 5.82 Å². The van der Waals surface area contributed by atoms with Crippen LogP contribution in [0.3, 0.4) is 0 Å². The minimum atomic E-state index is -1.01. The molecule has 3 nitrogen and oxygen atoms in total. The van der Waals surface area contributed by atoms with Crippen LogP contribution < -0.4 is 0 Å². The molecule has 0 N–H and O–H groups in total. The molecule has 0 saturated carbocycles. The van der Waals surface area contributed by atoms with Gasteiger partial charge in [0.1, 0.15) is 23.3 Å². The molecular weight excluding hydrogens is 291 g/mol. The molecule has 1 aromatic heterocycles. The Kier molecular flexibility index (Phi) is 4.32. The Morgan fingerprint density at radius 2 is 1.75 bits per heavy atom. The molecule has 0 amide bonds. The van der Waals surface area contributed by atoms with E-state index in [0.717, 1.165) is 0 Å². The molecule has 7 heteroatoms. The summed E-state index contributed by atoms with van der Waals surface area (Å²) in [4.78, 5) is 0. The molecule has 1 aromatic carbocycles. The number of hydrogen-bond acceptors (Lipinski definition) is 2. The average Bonchev–Trinajstić information content (AvgIpc) is 2.70. The van der Waals surface area contributed by atoms with Crippen molar-refractivity contribution in [2.45, 2.75) is 26.3 Å². The van der Waals surface area contributed by atoms with Gasteiger partial charge in [-0.15, -0.1) is 21.8 Å². The quantitative estimate of drug-likeness (QED) is 0.805. The second kappa shape index (κ2) is 5.83. The molecule has 20 heavy (non-hydrogen) atoms. The number of rotatable bonds is 4. The lowest BCUT2D eigenvalue weighted by atomic mass is 10.1. The van der Waals surface area contributed by atoms with Crippen molar-refractivity contribution in [3.8, 4) is 11.4 Å². The number of nitrogens with zero attached hydrogens (tertiary/aromatic N) is 3. The third-order valence-electron chi connectivity index (χ3n) is 2.73. The van der Waals surface area contributed by atoms with Gasteiger partial charge in [-0.25, -0.2) is 13.2 Å². The van der Waals surface area contributed by atoms with Crippen molar-refractivity contribution in [1.82, 2.24) is 14.8 Å². The maximum Gasteiger partial charge on any atom is 0.169 e. The van der Waals surface area contributed by atoms with E-state index in [9.17, 15) is 13.2 Å². The summed E-state index contributed by atoms with van der Waals surface area (Å²) < 4.78 is 42.2. The minimum Gasteiger partial charge on any atom is -0.310 e. The summed E-state index contributed by atoms with van der Waals surface area (Å²) in [6.07, 6.45) is 0.